The standard InChI is InChI=1S/C16H20N2O3/c1-18(11-5-2-6-12-19)16(20)10-9-15-17-13-7-3-4-8-14(13)21-15/h3-4,7-10,19H,2,5-6,11-12H2,1H3/b10-9+. The van der Waals surface area contributed by atoms with E-state index in [1.54, 1.807) is 18.0 Å². The highest BCUT2D eigenvalue weighted by molar-refractivity contribution is 5.91. The molecule has 0 radical (unpaired) electrons. The van der Waals surface area contributed by atoms with E-state index in [9.17, 15) is 4.79 Å². The first-order valence-corrected chi connectivity index (χ1v) is 7.10. The fourth-order valence-corrected chi connectivity index (χ4v) is 1.98. The van der Waals surface area contributed by atoms with Gasteiger partial charge in [0, 0.05) is 32.4 Å². The Hall–Kier alpha value is -2.14. The molecule has 112 valence electrons. The second-order valence-electron chi connectivity index (χ2n) is 4.90. The summed E-state index contributed by atoms with van der Waals surface area (Å²) in [5.41, 5.74) is 1.49. The number of amides is 1. The van der Waals surface area contributed by atoms with E-state index in [4.69, 9.17) is 9.52 Å². The third kappa shape index (κ3) is 4.43. The molecule has 5 nitrogen and oxygen atoms in total. The van der Waals surface area contributed by atoms with Crippen LogP contribution in [0.4, 0.5) is 0 Å². The fraction of sp³-hybridized carbons (Fsp3) is 0.375. The van der Waals surface area contributed by atoms with Crippen molar-refractivity contribution in [1.82, 2.24) is 9.88 Å². The third-order valence-electron chi connectivity index (χ3n) is 3.21. The number of rotatable bonds is 7. The lowest BCUT2D eigenvalue weighted by atomic mass is 10.2. The van der Waals surface area contributed by atoms with Crippen molar-refractivity contribution in [3.05, 3.63) is 36.2 Å². The smallest absolute Gasteiger partial charge is 0.246 e. The largest absolute Gasteiger partial charge is 0.437 e. The van der Waals surface area contributed by atoms with Crippen molar-refractivity contribution in [3.8, 4) is 0 Å². The van der Waals surface area contributed by atoms with Crippen LogP contribution in [0.25, 0.3) is 17.2 Å². The zero-order valence-electron chi connectivity index (χ0n) is 12.2. The summed E-state index contributed by atoms with van der Waals surface area (Å²) < 4.78 is 5.51. The molecule has 0 saturated carbocycles. The molecule has 1 amide bonds. The molecule has 2 rings (SSSR count). The topological polar surface area (TPSA) is 66.6 Å². The maximum Gasteiger partial charge on any atom is 0.246 e. The van der Waals surface area contributed by atoms with Gasteiger partial charge in [0.25, 0.3) is 0 Å². The number of benzene rings is 1. The minimum atomic E-state index is -0.0822. The number of aliphatic hydroxyl groups is 1. The molecule has 5 heteroatoms. The Balaban J connectivity index is 1.88. The Morgan fingerprint density at radius 3 is 2.90 bits per heavy atom. The normalized spacial score (nSPS) is 11.3. The molecule has 0 unspecified atom stereocenters. The summed E-state index contributed by atoms with van der Waals surface area (Å²) in [6.07, 6.45) is 5.65. The van der Waals surface area contributed by atoms with Crippen LogP contribution in [0, 0.1) is 0 Å². The molecular weight excluding hydrogens is 268 g/mol. The number of unbranched alkanes of at least 4 members (excludes halogenated alkanes) is 2. The average molecular weight is 288 g/mol. The van der Waals surface area contributed by atoms with E-state index in [-0.39, 0.29) is 12.5 Å². The van der Waals surface area contributed by atoms with Crippen molar-refractivity contribution in [3.63, 3.8) is 0 Å². The van der Waals surface area contributed by atoms with E-state index in [2.05, 4.69) is 4.98 Å². The lowest BCUT2D eigenvalue weighted by molar-refractivity contribution is -0.124. The highest BCUT2D eigenvalue weighted by Crippen LogP contribution is 2.15. The van der Waals surface area contributed by atoms with Gasteiger partial charge in [-0.1, -0.05) is 12.1 Å². The van der Waals surface area contributed by atoms with Crippen LogP contribution in [-0.4, -0.2) is 41.1 Å². The molecule has 1 aromatic carbocycles. The van der Waals surface area contributed by atoms with Gasteiger partial charge in [0.05, 0.1) is 0 Å². The summed E-state index contributed by atoms with van der Waals surface area (Å²) in [6.45, 7) is 0.881. The molecule has 0 atom stereocenters. The third-order valence-corrected chi connectivity index (χ3v) is 3.21. The first kappa shape index (κ1) is 15.3. The predicted octanol–water partition coefficient (Wildman–Crippen LogP) is 2.46. The summed E-state index contributed by atoms with van der Waals surface area (Å²) >= 11 is 0. The molecule has 0 fully saturated rings. The maximum absolute atomic E-state index is 11.9. The van der Waals surface area contributed by atoms with Gasteiger partial charge in [0.1, 0.15) is 5.52 Å². The van der Waals surface area contributed by atoms with Gasteiger partial charge in [-0.3, -0.25) is 4.79 Å². The Labute approximate surface area is 123 Å². The van der Waals surface area contributed by atoms with Crippen LogP contribution < -0.4 is 0 Å². The lowest BCUT2D eigenvalue weighted by Crippen LogP contribution is -2.25. The number of carbonyl (C=O) groups is 1. The predicted molar refractivity (Wildman–Crippen MR) is 81.6 cm³/mol. The number of aromatic nitrogens is 1. The number of oxazole rings is 1. The molecule has 1 aromatic heterocycles. The van der Waals surface area contributed by atoms with Crippen LogP contribution in [0.15, 0.2) is 34.8 Å². The van der Waals surface area contributed by atoms with Crippen LogP contribution in [0.2, 0.25) is 0 Å². The molecule has 0 saturated heterocycles. The monoisotopic (exact) mass is 288 g/mol. The van der Waals surface area contributed by atoms with Crippen molar-refractivity contribution in [2.45, 2.75) is 19.3 Å². The van der Waals surface area contributed by atoms with Crippen molar-refractivity contribution in [2.24, 2.45) is 0 Å². The summed E-state index contributed by atoms with van der Waals surface area (Å²) in [6, 6.07) is 7.48. The van der Waals surface area contributed by atoms with Gasteiger partial charge in [0.2, 0.25) is 11.8 Å². The quantitative estimate of drug-likeness (QED) is 0.628. The molecular formula is C16H20N2O3. The van der Waals surface area contributed by atoms with E-state index in [0.717, 1.165) is 24.8 Å². The van der Waals surface area contributed by atoms with Crippen LogP contribution in [0.5, 0.6) is 0 Å². The minimum absolute atomic E-state index is 0.0822. The number of aliphatic hydroxyl groups excluding tert-OH is 1. The zero-order valence-corrected chi connectivity index (χ0v) is 12.2. The highest BCUT2D eigenvalue weighted by atomic mass is 16.3. The van der Waals surface area contributed by atoms with E-state index in [1.165, 1.54) is 6.08 Å². The summed E-state index contributed by atoms with van der Waals surface area (Å²) in [4.78, 5) is 17.8. The number of fused-ring (bicyclic) bond motifs is 1. The van der Waals surface area contributed by atoms with Crippen LogP contribution in [-0.2, 0) is 4.79 Å². The van der Waals surface area contributed by atoms with Gasteiger partial charge in [-0.2, -0.15) is 0 Å². The first-order valence-electron chi connectivity index (χ1n) is 7.10. The number of nitrogens with zero attached hydrogens (tertiary/aromatic N) is 2. The molecule has 0 spiro atoms. The Bertz CT molecular complexity index is 586. The van der Waals surface area contributed by atoms with E-state index in [1.807, 2.05) is 24.3 Å². The number of hydrogen-bond acceptors (Lipinski definition) is 4. The van der Waals surface area contributed by atoms with E-state index < -0.39 is 0 Å². The van der Waals surface area contributed by atoms with Crippen molar-refractivity contribution < 1.29 is 14.3 Å². The van der Waals surface area contributed by atoms with Gasteiger partial charge >= 0.3 is 0 Å². The molecule has 0 aliphatic rings. The summed E-state index contributed by atoms with van der Waals surface area (Å²) in [5.74, 6) is 0.347. The first-order chi connectivity index (χ1) is 10.2. The SMILES string of the molecule is CN(CCCCCO)C(=O)/C=C/c1nc2ccccc2o1. The second-order valence-corrected chi connectivity index (χ2v) is 4.90. The Morgan fingerprint density at radius 1 is 1.33 bits per heavy atom. The molecule has 0 aliphatic carbocycles. The van der Waals surface area contributed by atoms with Gasteiger partial charge in [-0.15, -0.1) is 0 Å². The van der Waals surface area contributed by atoms with Gasteiger partial charge < -0.3 is 14.4 Å². The maximum atomic E-state index is 11.9. The van der Waals surface area contributed by atoms with Crippen LogP contribution >= 0.6 is 0 Å². The lowest BCUT2D eigenvalue weighted by Gasteiger charge is -2.14. The van der Waals surface area contributed by atoms with Gasteiger partial charge in [0.15, 0.2) is 5.58 Å². The van der Waals surface area contributed by atoms with Crippen molar-refractivity contribution >= 4 is 23.1 Å². The summed E-state index contributed by atoms with van der Waals surface area (Å²) in [5, 5.41) is 8.70. The van der Waals surface area contributed by atoms with E-state index >= 15 is 0 Å². The Morgan fingerprint density at radius 2 is 2.14 bits per heavy atom. The minimum Gasteiger partial charge on any atom is -0.437 e. The number of hydrogen-bond donors (Lipinski definition) is 1. The molecule has 1 N–H and O–H groups in total. The fourth-order valence-electron chi connectivity index (χ4n) is 1.98. The number of carbonyl (C=O) groups excluding carboxylic acids is 1. The summed E-state index contributed by atoms with van der Waals surface area (Å²) in [7, 11) is 1.76. The Kier molecular flexibility index (Phi) is 5.51. The van der Waals surface area contributed by atoms with Gasteiger partial charge in [-0.05, 0) is 31.4 Å². The van der Waals surface area contributed by atoms with Crippen molar-refractivity contribution in [1.29, 1.82) is 0 Å². The average Bonchev–Trinajstić information content (AvgIpc) is 2.91. The van der Waals surface area contributed by atoms with Crippen LogP contribution in [0.3, 0.4) is 0 Å². The number of likely N-dealkylation sites (N-methyl/N-ethyl adjacent to an activating group) is 1. The number of para-hydroxylation sites is 2. The molecule has 0 bridgehead atoms. The molecule has 2 aromatic rings. The van der Waals surface area contributed by atoms with Crippen molar-refractivity contribution in [2.75, 3.05) is 20.2 Å². The van der Waals surface area contributed by atoms with Crippen LogP contribution in [0.1, 0.15) is 25.2 Å². The molecule has 0 aliphatic heterocycles. The van der Waals surface area contributed by atoms with E-state index in [0.29, 0.717) is 18.0 Å². The zero-order chi connectivity index (χ0) is 15.1. The molecule has 21 heavy (non-hydrogen) atoms. The second kappa shape index (κ2) is 7.59. The highest BCUT2D eigenvalue weighted by Gasteiger charge is 2.06. The van der Waals surface area contributed by atoms with Gasteiger partial charge in [-0.25, -0.2) is 4.98 Å². The molecule has 1 heterocycles.